The van der Waals surface area contributed by atoms with E-state index in [1.807, 2.05) is 13.8 Å². The molecule has 0 bridgehead atoms. The summed E-state index contributed by atoms with van der Waals surface area (Å²) in [6.07, 6.45) is 0.906. The highest BCUT2D eigenvalue weighted by atomic mass is 79.9. The Hall–Kier alpha value is -0.540. The van der Waals surface area contributed by atoms with Gasteiger partial charge in [-0.15, -0.1) is 0 Å². The number of nitrogens with one attached hydrogen (secondary N) is 1. The van der Waals surface area contributed by atoms with Gasteiger partial charge in [0.05, 0.1) is 0 Å². The normalized spacial score (nSPS) is 12.2. The zero-order valence-electron chi connectivity index (χ0n) is 9.39. The SMILES string of the molecule is CCC(CBr)NC(=O)c1ccc(Cl)cc1C. The van der Waals surface area contributed by atoms with E-state index < -0.39 is 0 Å². The summed E-state index contributed by atoms with van der Waals surface area (Å²) in [7, 11) is 0. The van der Waals surface area contributed by atoms with Crippen LogP contribution in [0.2, 0.25) is 5.02 Å². The van der Waals surface area contributed by atoms with E-state index in [4.69, 9.17) is 11.6 Å². The average Bonchev–Trinajstić information content (AvgIpc) is 2.25. The number of halogens is 2. The van der Waals surface area contributed by atoms with Crippen LogP contribution in [-0.2, 0) is 0 Å². The second-order valence-electron chi connectivity index (χ2n) is 3.69. The molecule has 2 nitrogen and oxygen atoms in total. The Morgan fingerprint density at radius 3 is 2.75 bits per heavy atom. The molecule has 1 rings (SSSR count). The monoisotopic (exact) mass is 303 g/mol. The molecule has 88 valence electrons. The van der Waals surface area contributed by atoms with Crippen LogP contribution in [0.25, 0.3) is 0 Å². The molecule has 0 fully saturated rings. The van der Waals surface area contributed by atoms with Crippen molar-refractivity contribution < 1.29 is 4.79 Å². The van der Waals surface area contributed by atoms with Crippen molar-refractivity contribution >= 4 is 33.4 Å². The third-order valence-electron chi connectivity index (χ3n) is 2.45. The van der Waals surface area contributed by atoms with Crippen molar-refractivity contribution in [1.29, 1.82) is 0 Å². The lowest BCUT2D eigenvalue weighted by Gasteiger charge is -2.15. The summed E-state index contributed by atoms with van der Waals surface area (Å²) in [5.41, 5.74) is 1.58. The number of carbonyl (C=O) groups excluding carboxylic acids is 1. The van der Waals surface area contributed by atoms with E-state index in [1.54, 1.807) is 18.2 Å². The summed E-state index contributed by atoms with van der Waals surface area (Å²) in [5, 5.41) is 4.38. The molecule has 0 aliphatic carbocycles. The van der Waals surface area contributed by atoms with Gasteiger partial charge in [-0.2, -0.15) is 0 Å². The van der Waals surface area contributed by atoms with Crippen molar-refractivity contribution in [3.8, 4) is 0 Å². The molecule has 0 radical (unpaired) electrons. The molecular formula is C12H15BrClNO. The first-order valence-electron chi connectivity index (χ1n) is 5.21. The molecular weight excluding hydrogens is 289 g/mol. The van der Waals surface area contributed by atoms with Crippen molar-refractivity contribution in [3.05, 3.63) is 34.3 Å². The molecule has 4 heteroatoms. The zero-order chi connectivity index (χ0) is 12.1. The van der Waals surface area contributed by atoms with E-state index in [1.165, 1.54) is 0 Å². The summed E-state index contributed by atoms with van der Waals surface area (Å²) in [4.78, 5) is 11.9. The molecule has 1 aromatic carbocycles. The number of aryl methyl sites for hydroxylation is 1. The highest BCUT2D eigenvalue weighted by Gasteiger charge is 2.12. The zero-order valence-corrected chi connectivity index (χ0v) is 11.7. The van der Waals surface area contributed by atoms with Gasteiger partial charge in [-0.1, -0.05) is 34.5 Å². The van der Waals surface area contributed by atoms with Crippen LogP contribution in [-0.4, -0.2) is 17.3 Å². The van der Waals surface area contributed by atoms with E-state index >= 15 is 0 Å². The van der Waals surface area contributed by atoms with Crippen molar-refractivity contribution in [2.75, 3.05) is 5.33 Å². The van der Waals surface area contributed by atoms with Gasteiger partial charge in [-0.3, -0.25) is 4.79 Å². The number of hydrogen-bond donors (Lipinski definition) is 1. The van der Waals surface area contributed by atoms with Gasteiger partial charge in [0.2, 0.25) is 0 Å². The Kier molecular flexibility index (Phi) is 5.29. The van der Waals surface area contributed by atoms with Crippen molar-refractivity contribution in [3.63, 3.8) is 0 Å². The predicted octanol–water partition coefficient (Wildman–Crippen LogP) is 3.55. The van der Waals surface area contributed by atoms with Crippen molar-refractivity contribution in [1.82, 2.24) is 5.32 Å². The quantitative estimate of drug-likeness (QED) is 0.847. The molecule has 0 spiro atoms. The smallest absolute Gasteiger partial charge is 0.251 e. The maximum absolute atomic E-state index is 11.9. The van der Waals surface area contributed by atoms with Crippen LogP contribution in [0.5, 0.6) is 0 Å². The summed E-state index contributed by atoms with van der Waals surface area (Å²) in [5.74, 6) is -0.0412. The van der Waals surface area contributed by atoms with E-state index in [2.05, 4.69) is 21.2 Å². The number of benzene rings is 1. The molecule has 1 N–H and O–H groups in total. The Labute approximate surface area is 110 Å². The van der Waals surface area contributed by atoms with Crippen molar-refractivity contribution in [2.24, 2.45) is 0 Å². The second kappa shape index (κ2) is 6.26. The topological polar surface area (TPSA) is 29.1 Å². The first kappa shape index (κ1) is 13.5. The van der Waals surface area contributed by atoms with Crippen molar-refractivity contribution in [2.45, 2.75) is 26.3 Å². The van der Waals surface area contributed by atoms with E-state index in [0.717, 1.165) is 17.3 Å². The molecule has 1 amide bonds. The van der Waals surface area contributed by atoms with Gasteiger partial charge in [0, 0.05) is 22.0 Å². The number of amides is 1. The third kappa shape index (κ3) is 3.49. The minimum Gasteiger partial charge on any atom is -0.348 e. The molecule has 16 heavy (non-hydrogen) atoms. The summed E-state index contributed by atoms with van der Waals surface area (Å²) >= 11 is 9.21. The predicted molar refractivity (Wildman–Crippen MR) is 71.5 cm³/mol. The van der Waals surface area contributed by atoms with Gasteiger partial charge in [-0.25, -0.2) is 0 Å². The van der Waals surface area contributed by atoms with E-state index in [9.17, 15) is 4.79 Å². The minimum absolute atomic E-state index is 0.0412. The molecule has 0 aliphatic rings. The molecule has 0 aromatic heterocycles. The lowest BCUT2D eigenvalue weighted by Crippen LogP contribution is -2.35. The maximum Gasteiger partial charge on any atom is 0.251 e. The largest absolute Gasteiger partial charge is 0.348 e. The average molecular weight is 305 g/mol. The number of rotatable bonds is 4. The molecule has 0 saturated heterocycles. The van der Waals surface area contributed by atoms with Crippen LogP contribution in [0.15, 0.2) is 18.2 Å². The molecule has 1 aromatic rings. The molecule has 1 unspecified atom stereocenters. The minimum atomic E-state index is -0.0412. The molecule has 0 saturated carbocycles. The van der Waals surface area contributed by atoms with E-state index in [-0.39, 0.29) is 11.9 Å². The van der Waals surface area contributed by atoms with Gasteiger partial charge in [0.25, 0.3) is 5.91 Å². The Morgan fingerprint density at radius 2 is 2.25 bits per heavy atom. The van der Waals surface area contributed by atoms with Crippen LogP contribution < -0.4 is 5.32 Å². The first-order valence-corrected chi connectivity index (χ1v) is 6.71. The van der Waals surface area contributed by atoms with Crippen LogP contribution >= 0.6 is 27.5 Å². The fraction of sp³-hybridized carbons (Fsp3) is 0.417. The summed E-state index contributed by atoms with van der Waals surface area (Å²) in [6.45, 7) is 3.93. The molecule has 1 atom stereocenters. The van der Waals surface area contributed by atoms with Gasteiger partial charge in [-0.05, 0) is 37.1 Å². The third-order valence-corrected chi connectivity index (χ3v) is 3.46. The van der Waals surface area contributed by atoms with Crippen LogP contribution in [0, 0.1) is 6.92 Å². The fourth-order valence-corrected chi connectivity index (χ4v) is 2.24. The number of alkyl halides is 1. The highest BCUT2D eigenvalue weighted by Crippen LogP contribution is 2.15. The standard InChI is InChI=1S/C12H15BrClNO/c1-3-10(7-13)15-12(16)11-5-4-9(14)6-8(11)2/h4-6,10H,3,7H2,1-2H3,(H,15,16). The van der Waals surface area contributed by atoms with E-state index in [0.29, 0.717) is 10.6 Å². The molecule has 0 heterocycles. The molecule has 0 aliphatic heterocycles. The Morgan fingerprint density at radius 1 is 1.56 bits per heavy atom. The summed E-state index contributed by atoms with van der Waals surface area (Å²) < 4.78 is 0. The van der Waals surface area contributed by atoms with Gasteiger partial charge in [0.15, 0.2) is 0 Å². The van der Waals surface area contributed by atoms with Gasteiger partial charge >= 0.3 is 0 Å². The Bertz CT molecular complexity index is 377. The highest BCUT2D eigenvalue weighted by molar-refractivity contribution is 9.09. The number of carbonyl (C=O) groups is 1. The fourth-order valence-electron chi connectivity index (χ4n) is 1.39. The number of hydrogen-bond acceptors (Lipinski definition) is 1. The van der Waals surface area contributed by atoms with Gasteiger partial charge < -0.3 is 5.32 Å². The summed E-state index contributed by atoms with van der Waals surface area (Å²) in [6, 6.07) is 5.46. The first-order chi connectivity index (χ1) is 7.58. The Balaban J connectivity index is 2.80. The lowest BCUT2D eigenvalue weighted by molar-refractivity contribution is 0.0939. The second-order valence-corrected chi connectivity index (χ2v) is 4.78. The van der Waals surface area contributed by atoms with Gasteiger partial charge in [0.1, 0.15) is 0 Å². The van der Waals surface area contributed by atoms with Crippen LogP contribution in [0.3, 0.4) is 0 Å². The lowest BCUT2D eigenvalue weighted by atomic mass is 10.1. The van der Waals surface area contributed by atoms with Crippen LogP contribution in [0.4, 0.5) is 0 Å². The van der Waals surface area contributed by atoms with Crippen LogP contribution in [0.1, 0.15) is 29.3 Å². The maximum atomic E-state index is 11.9.